The van der Waals surface area contributed by atoms with Crippen LogP contribution in [0.2, 0.25) is 0 Å². The maximum Gasteiger partial charge on any atom is 0.325 e. The lowest BCUT2D eigenvalue weighted by molar-refractivity contribution is -0.157. The first kappa shape index (κ1) is 12.5. The minimum absolute atomic E-state index is 0.0984. The molecule has 15 heavy (non-hydrogen) atoms. The van der Waals surface area contributed by atoms with E-state index in [1.807, 2.05) is 6.92 Å². The Bertz CT molecular complexity index is 230. The van der Waals surface area contributed by atoms with Gasteiger partial charge in [0.2, 0.25) is 0 Å². The topological polar surface area (TPSA) is 29.5 Å². The van der Waals surface area contributed by atoms with Gasteiger partial charge in [-0.15, -0.1) is 0 Å². The standard InChI is InChI=1S/C12H23NO2/c1-5-12(3,11(14)15-4)13-9-7-6-8-10(13)2/h10H,5-9H2,1-4H3/t10-,12+/m1/s1. The van der Waals surface area contributed by atoms with Crippen molar-refractivity contribution >= 4 is 5.97 Å². The van der Waals surface area contributed by atoms with E-state index in [1.54, 1.807) is 0 Å². The Balaban J connectivity index is 2.83. The number of hydrogen-bond donors (Lipinski definition) is 0. The van der Waals surface area contributed by atoms with E-state index in [0.29, 0.717) is 6.04 Å². The van der Waals surface area contributed by atoms with E-state index in [0.717, 1.165) is 13.0 Å². The highest BCUT2D eigenvalue weighted by Crippen LogP contribution is 2.29. The molecule has 0 amide bonds. The molecule has 0 spiro atoms. The number of hydrogen-bond acceptors (Lipinski definition) is 3. The van der Waals surface area contributed by atoms with Gasteiger partial charge in [-0.3, -0.25) is 9.69 Å². The van der Waals surface area contributed by atoms with Crippen LogP contribution in [0.15, 0.2) is 0 Å². The third kappa shape index (κ3) is 2.33. The smallest absolute Gasteiger partial charge is 0.325 e. The van der Waals surface area contributed by atoms with E-state index in [4.69, 9.17) is 4.74 Å². The molecule has 0 unspecified atom stereocenters. The van der Waals surface area contributed by atoms with Crippen LogP contribution in [-0.4, -0.2) is 36.1 Å². The number of methoxy groups -OCH3 is 1. The van der Waals surface area contributed by atoms with Crippen molar-refractivity contribution in [3.05, 3.63) is 0 Å². The first-order valence-corrected chi connectivity index (χ1v) is 5.91. The van der Waals surface area contributed by atoms with E-state index >= 15 is 0 Å². The summed E-state index contributed by atoms with van der Waals surface area (Å²) in [6.07, 6.45) is 4.46. The van der Waals surface area contributed by atoms with Crippen LogP contribution in [-0.2, 0) is 9.53 Å². The fourth-order valence-corrected chi connectivity index (χ4v) is 2.52. The quantitative estimate of drug-likeness (QED) is 0.673. The van der Waals surface area contributed by atoms with Gasteiger partial charge in [0.1, 0.15) is 5.54 Å². The van der Waals surface area contributed by atoms with Crippen molar-refractivity contribution in [3.63, 3.8) is 0 Å². The Labute approximate surface area is 92.8 Å². The molecule has 2 atom stereocenters. The minimum atomic E-state index is -0.436. The fourth-order valence-electron chi connectivity index (χ4n) is 2.52. The monoisotopic (exact) mass is 213 g/mol. The van der Waals surface area contributed by atoms with Crippen molar-refractivity contribution in [2.45, 2.75) is 58.0 Å². The number of esters is 1. The Morgan fingerprint density at radius 1 is 1.53 bits per heavy atom. The van der Waals surface area contributed by atoms with Crippen LogP contribution in [0, 0.1) is 0 Å². The maximum absolute atomic E-state index is 11.8. The van der Waals surface area contributed by atoms with Crippen LogP contribution in [0.25, 0.3) is 0 Å². The van der Waals surface area contributed by atoms with Crippen molar-refractivity contribution in [1.82, 2.24) is 4.90 Å². The first-order chi connectivity index (χ1) is 7.06. The molecule has 0 N–H and O–H groups in total. The van der Waals surface area contributed by atoms with Gasteiger partial charge >= 0.3 is 5.97 Å². The van der Waals surface area contributed by atoms with Crippen molar-refractivity contribution < 1.29 is 9.53 Å². The largest absolute Gasteiger partial charge is 0.468 e. The third-order valence-electron chi connectivity index (χ3n) is 3.75. The second kappa shape index (κ2) is 4.97. The second-order valence-electron chi connectivity index (χ2n) is 4.66. The van der Waals surface area contributed by atoms with Gasteiger partial charge in [0.05, 0.1) is 7.11 Å². The van der Waals surface area contributed by atoms with Gasteiger partial charge in [-0.05, 0) is 39.7 Å². The SMILES string of the molecule is CC[C@@](C)(C(=O)OC)N1CCCC[C@H]1C. The summed E-state index contributed by atoms with van der Waals surface area (Å²) in [5, 5.41) is 0. The lowest BCUT2D eigenvalue weighted by Crippen LogP contribution is -2.57. The highest BCUT2D eigenvalue weighted by atomic mass is 16.5. The zero-order chi connectivity index (χ0) is 11.5. The molecule has 88 valence electrons. The Hall–Kier alpha value is -0.570. The van der Waals surface area contributed by atoms with Crippen LogP contribution >= 0.6 is 0 Å². The predicted molar refractivity (Wildman–Crippen MR) is 60.7 cm³/mol. The summed E-state index contributed by atoms with van der Waals surface area (Å²) in [6.45, 7) is 7.27. The van der Waals surface area contributed by atoms with Gasteiger partial charge in [0.25, 0.3) is 0 Å². The molecule has 1 rings (SSSR count). The minimum Gasteiger partial charge on any atom is -0.468 e. The molecular formula is C12H23NO2. The molecule has 1 aliphatic rings. The molecule has 1 heterocycles. The number of nitrogens with zero attached hydrogens (tertiary/aromatic N) is 1. The van der Waals surface area contributed by atoms with Gasteiger partial charge in [-0.1, -0.05) is 13.3 Å². The molecular weight excluding hydrogens is 190 g/mol. The number of carbonyl (C=O) groups excluding carboxylic acids is 1. The molecule has 1 aliphatic heterocycles. The summed E-state index contributed by atoms with van der Waals surface area (Å²) in [7, 11) is 1.48. The zero-order valence-corrected chi connectivity index (χ0v) is 10.4. The first-order valence-electron chi connectivity index (χ1n) is 5.91. The summed E-state index contributed by atoms with van der Waals surface area (Å²) in [4.78, 5) is 14.2. The summed E-state index contributed by atoms with van der Waals surface area (Å²) in [5.41, 5.74) is -0.436. The molecule has 0 aromatic carbocycles. The maximum atomic E-state index is 11.8. The van der Waals surface area contributed by atoms with Crippen LogP contribution < -0.4 is 0 Å². The molecule has 0 aromatic rings. The van der Waals surface area contributed by atoms with Crippen molar-refractivity contribution in [2.75, 3.05) is 13.7 Å². The van der Waals surface area contributed by atoms with E-state index < -0.39 is 5.54 Å². The van der Waals surface area contributed by atoms with Crippen LogP contribution in [0.5, 0.6) is 0 Å². The van der Waals surface area contributed by atoms with Crippen LogP contribution in [0.1, 0.15) is 46.5 Å². The normalized spacial score (nSPS) is 27.1. The van der Waals surface area contributed by atoms with Crippen molar-refractivity contribution in [2.24, 2.45) is 0 Å². The van der Waals surface area contributed by atoms with Crippen LogP contribution in [0.4, 0.5) is 0 Å². The third-order valence-corrected chi connectivity index (χ3v) is 3.75. The lowest BCUT2D eigenvalue weighted by Gasteiger charge is -2.44. The zero-order valence-electron chi connectivity index (χ0n) is 10.4. The summed E-state index contributed by atoms with van der Waals surface area (Å²) >= 11 is 0. The van der Waals surface area contributed by atoms with Crippen LogP contribution in [0.3, 0.4) is 0 Å². The molecule has 0 bridgehead atoms. The molecule has 3 nitrogen and oxygen atoms in total. The van der Waals surface area contributed by atoms with Crippen molar-refractivity contribution in [1.29, 1.82) is 0 Å². The van der Waals surface area contributed by atoms with Crippen molar-refractivity contribution in [3.8, 4) is 0 Å². The Morgan fingerprint density at radius 2 is 2.20 bits per heavy atom. The highest BCUT2D eigenvalue weighted by molar-refractivity contribution is 5.80. The molecule has 1 saturated heterocycles. The number of carbonyl (C=O) groups is 1. The predicted octanol–water partition coefficient (Wildman–Crippen LogP) is 2.20. The average Bonchev–Trinajstić information content (AvgIpc) is 2.27. The van der Waals surface area contributed by atoms with E-state index in [-0.39, 0.29) is 5.97 Å². The molecule has 3 heteroatoms. The summed E-state index contributed by atoms with van der Waals surface area (Å²) < 4.78 is 4.93. The van der Waals surface area contributed by atoms with Gasteiger partial charge in [-0.2, -0.15) is 0 Å². The number of ether oxygens (including phenoxy) is 1. The van der Waals surface area contributed by atoms with E-state index in [1.165, 1.54) is 26.4 Å². The van der Waals surface area contributed by atoms with E-state index in [9.17, 15) is 4.79 Å². The number of piperidine rings is 1. The Kier molecular flexibility index (Phi) is 4.14. The van der Waals surface area contributed by atoms with Gasteiger partial charge < -0.3 is 4.74 Å². The lowest BCUT2D eigenvalue weighted by atomic mass is 9.90. The van der Waals surface area contributed by atoms with Gasteiger partial charge in [-0.25, -0.2) is 0 Å². The summed E-state index contributed by atoms with van der Waals surface area (Å²) in [5.74, 6) is -0.0984. The van der Waals surface area contributed by atoms with E-state index in [2.05, 4.69) is 18.7 Å². The van der Waals surface area contributed by atoms with Gasteiger partial charge in [0, 0.05) is 6.04 Å². The average molecular weight is 213 g/mol. The molecule has 1 fully saturated rings. The molecule has 0 radical (unpaired) electrons. The van der Waals surface area contributed by atoms with Gasteiger partial charge in [0.15, 0.2) is 0 Å². The fraction of sp³-hybridized carbons (Fsp3) is 0.917. The number of likely N-dealkylation sites (tertiary alicyclic amines) is 1. The highest BCUT2D eigenvalue weighted by Gasteiger charge is 2.41. The molecule has 0 saturated carbocycles. The summed E-state index contributed by atoms with van der Waals surface area (Å²) in [6, 6.07) is 0.489. The second-order valence-corrected chi connectivity index (χ2v) is 4.66. The Morgan fingerprint density at radius 3 is 2.67 bits per heavy atom. The number of rotatable bonds is 3. The molecule has 0 aromatic heterocycles. The molecule has 0 aliphatic carbocycles.